The number of rotatable bonds is 9. The maximum atomic E-state index is 13.0. The Morgan fingerprint density at radius 3 is 2.58 bits per heavy atom. The monoisotopic (exact) mass is 445 g/mol. The number of amides is 1. The molecule has 0 radical (unpaired) electrons. The standard InChI is InChI=1S/C21H24FN5O3S/c1-16-23-12-14-27(16)21-17(5-3-11-24-21)15-25-20(28)6-4-13-26(2)31(29,30)19-9-7-18(22)8-10-19/h3,5,7-12,14H,4,6,13,15H2,1-2H3,(H,25,28). The van der Waals surface area contributed by atoms with Gasteiger partial charge in [-0.15, -0.1) is 0 Å². The van der Waals surface area contributed by atoms with Crippen molar-refractivity contribution in [1.29, 1.82) is 0 Å². The highest BCUT2D eigenvalue weighted by Crippen LogP contribution is 2.16. The number of nitrogens with one attached hydrogen (secondary N) is 1. The lowest BCUT2D eigenvalue weighted by molar-refractivity contribution is -0.121. The molecule has 0 spiro atoms. The zero-order valence-corrected chi connectivity index (χ0v) is 18.1. The molecule has 8 nitrogen and oxygen atoms in total. The predicted octanol–water partition coefficient (Wildman–Crippen LogP) is 2.43. The number of benzene rings is 1. The second-order valence-corrected chi connectivity index (χ2v) is 9.04. The second-order valence-electron chi connectivity index (χ2n) is 6.99. The number of aromatic nitrogens is 3. The van der Waals surface area contributed by atoms with Crippen LogP contribution in [0.1, 0.15) is 24.2 Å². The zero-order valence-electron chi connectivity index (χ0n) is 17.3. The first kappa shape index (κ1) is 22.6. The highest BCUT2D eigenvalue weighted by Gasteiger charge is 2.20. The summed E-state index contributed by atoms with van der Waals surface area (Å²) < 4.78 is 41.0. The lowest BCUT2D eigenvalue weighted by Crippen LogP contribution is -2.29. The number of sulfonamides is 1. The van der Waals surface area contributed by atoms with E-state index in [9.17, 15) is 17.6 Å². The van der Waals surface area contributed by atoms with Crippen molar-refractivity contribution in [2.24, 2.45) is 0 Å². The molecule has 0 unspecified atom stereocenters. The van der Waals surface area contributed by atoms with Crippen molar-refractivity contribution in [2.75, 3.05) is 13.6 Å². The summed E-state index contributed by atoms with van der Waals surface area (Å²) in [5.41, 5.74) is 0.841. The first-order chi connectivity index (χ1) is 14.8. The molecule has 0 atom stereocenters. The van der Waals surface area contributed by atoms with E-state index in [4.69, 9.17) is 0 Å². The van der Waals surface area contributed by atoms with Gasteiger partial charge in [-0.05, 0) is 43.7 Å². The van der Waals surface area contributed by atoms with Crippen LogP contribution in [0.4, 0.5) is 4.39 Å². The van der Waals surface area contributed by atoms with Crippen molar-refractivity contribution in [3.8, 4) is 5.82 Å². The molecule has 0 bridgehead atoms. The summed E-state index contributed by atoms with van der Waals surface area (Å²) >= 11 is 0. The molecule has 3 rings (SSSR count). The summed E-state index contributed by atoms with van der Waals surface area (Å²) in [6.07, 6.45) is 5.69. The van der Waals surface area contributed by atoms with Crippen LogP contribution in [0.25, 0.3) is 5.82 Å². The molecule has 2 heterocycles. The van der Waals surface area contributed by atoms with Gasteiger partial charge < -0.3 is 5.32 Å². The minimum Gasteiger partial charge on any atom is -0.352 e. The average Bonchev–Trinajstić information content (AvgIpc) is 3.18. The number of halogens is 1. The first-order valence-corrected chi connectivity index (χ1v) is 11.2. The van der Waals surface area contributed by atoms with Gasteiger partial charge in [-0.3, -0.25) is 9.36 Å². The van der Waals surface area contributed by atoms with Crippen LogP contribution < -0.4 is 5.32 Å². The summed E-state index contributed by atoms with van der Waals surface area (Å²) in [6, 6.07) is 8.33. The molecule has 0 saturated carbocycles. The third-order valence-electron chi connectivity index (χ3n) is 4.80. The Morgan fingerprint density at radius 1 is 1.16 bits per heavy atom. The van der Waals surface area contributed by atoms with Crippen LogP contribution in [0, 0.1) is 12.7 Å². The number of carbonyl (C=O) groups is 1. The van der Waals surface area contributed by atoms with Crippen LogP contribution in [0.2, 0.25) is 0 Å². The normalized spacial score (nSPS) is 11.6. The van der Waals surface area contributed by atoms with Gasteiger partial charge in [0.2, 0.25) is 15.9 Å². The molecule has 0 aliphatic rings. The smallest absolute Gasteiger partial charge is 0.242 e. The Kier molecular flexibility index (Phi) is 7.13. The molecule has 0 fully saturated rings. The van der Waals surface area contributed by atoms with E-state index in [0.717, 1.165) is 27.8 Å². The highest BCUT2D eigenvalue weighted by molar-refractivity contribution is 7.89. The predicted molar refractivity (Wildman–Crippen MR) is 113 cm³/mol. The molecule has 0 aliphatic carbocycles. The van der Waals surface area contributed by atoms with Crippen molar-refractivity contribution in [2.45, 2.75) is 31.2 Å². The number of pyridine rings is 1. The molecule has 10 heteroatoms. The average molecular weight is 446 g/mol. The Balaban J connectivity index is 1.51. The summed E-state index contributed by atoms with van der Waals surface area (Å²) in [5.74, 6) is 0.794. The SMILES string of the molecule is Cc1nccn1-c1ncccc1CNC(=O)CCCN(C)S(=O)(=O)c1ccc(F)cc1. The molecule has 1 aromatic carbocycles. The van der Waals surface area contributed by atoms with Gasteiger partial charge in [0.05, 0.1) is 4.90 Å². The van der Waals surface area contributed by atoms with E-state index in [0.29, 0.717) is 18.8 Å². The minimum atomic E-state index is -3.73. The number of hydrogen-bond donors (Lipinski definition) is 1. The van der Waals surface area contributed by atoms with Gasteiger partial charge in [0.1, 0.15) is 17.5 Å². The van der Waals surface area contributed by atoms with Crippen LogP contribution in [0.3, 0.4) is 0 Å². The van der Waals surface area contributed by atoms with Crippen molar-refractivity contribution in [3.63, 3.8) is 0 Å². The number of aryl methyl sites for hydroxylation is 1. The number of hydrogen-bond acceptors (Lipinski definition) is 5. The highest BCUT2D eigenvalue weighted by atomic mass is 32.2. The van der Waals surface area contributed by atoms with E-state index >= 15 is 0 Å². The van der Waals surface area contributed by atoms with Gasteiger partial charge in [-0.2, -0.15) is 0 Å². The van der Waals surface area contributed by atoms with Crippen LogP contribution in [-0.2, 0) is 21.4 Å². The quantitative estimate of drug-likeness (QED) is 0.546. The van der Waals surface area contributed by atoms with E-state index in [1.54, 1.807) is 24.7 Å². The van der Waals surface area contributed by atoms with Crippen LogP contribution in [-0.4, -0.2) is 46.8 Å². The fourth-order valence-corrected chi connectivity index (χ4v) is 4.25. The van der Waals surface area contributed by atoms with Gasteiger partial charge in [-0.25, -0.2) is 27.1 Å². The molecule has 3 aromatic rings. The Labute approximate surface area is 180 Å². The first-order valence-electron chi connectivity index (χ1n) is 9.72. The maximum Gasteiger partial charge on any atom is 0.242 e. The van der Waals surface area contributed by atoms with Gasteiger partial charge in [0.15, 0.2) is 0 Å². The van der Waals surface area contributed by atoms with Gasteiger partial charge in [0.25, 0.3) is 0 Å². The molecule has 1 N–H and O–H groups in total. The third-order valence-corrected chi connectivity index (χ3v) is 6.67. The van der Waals surface area contributed by atoms with E-state index in [2.05, 4.69) is 15.3 Å². The van der Waals surface area contributed by atoms with Crippen LogP contribution in [0.15, 0.2) is 59.9 Å². The molecule has 0 aliphatic heterocycles. The Morgan fingerprint density at radius 2 is 1.90 bits per heavy atom. The molecule has 2 aromatic heterocycles. The topological polar surface area (TPSA) is 97.2 Å². The fourth-order valence-electron chi connectivity index (χ4n) is 3.04. The lowest BCUT2D eigenvalue weighted by atomic mass is 10.2. The van der Waals surface area contributed by atoms with Crippen molar-refractivity contribution < 1.29 is 17.6 Å². The fraction of sp³-hybridized carbons (Fsp3) is 0.286. The number of carbonyl (C=O) groups excluding carboxylic acids is 1. The molecule has 1 amide bonds. The Bertz CT molecular complexity index is 1150. The second kappa shape index (κ2) is 9.80. The van der Waals surface area contributed by atoms with Crippen LogP contribution >= 0.6 is 0 Å². The summed E-state index contributed by atoms with van der Waals surface area (Å²) in [4.78, 5) is 20.9. The van der Waals surface area contributed by atoms with E-state index in [1.807, 2.05) is 17.6 Å². The molecular weight excluding hydrogens is 421 g/mol. The molecule has 31 heavy (non-hydrogen) atoms. The van der Waals surface area contributed by atoms with Gasteiger partial charge in [-0.1, -0.05) is 6.07 Å². The van der Waals surface area contributed by atoms with Gasteiger partial charge >= 0.3 is 0 Å². The van der Waals surface area contributed by atoms with Crippen molar-refractivity contribution in [3.05, 3.63) is 72.2 Å². The maximum absolute atomic E-state index is 13.0. The van der Waals surface area contributed by atoms with Gasteiger partial charge in [0, 0.05) is 50.7 Å². The van der Waals surface area contributed by atoms with Crippen LogP contribution in [0.5, 0.6) is 0 Å². The number of imidazole rings is 1. The summed E-state index contributed by atoms with van der Waals surface area (Å²) in [7, 11) is -2.29. The van der Waals surface area contributed by atoms with E-state index in [1.165, 1.54) is 19.2 Å². The molecule has 0 saturated heterocycles. The minimum absolute atomic E-state index is 0.0137. The molecule has 164 valence electrons. The lowest BCUT2D eigenvalue weighted by Gasteiger charge is -2.17. The van der Waals surface area contributed by atoms with E-state index in [-0.39, 0.29) is 23.8 Å². The third kappa shape index (κ3) is 5.53. The molecular formula is C21H24FN5O3S. The zero-order chi connectivity index (χ0) is 22.4. The summed E-state index contributed by atoms with van der Waals surface area (Å²) in [5, 5.41) is 2.85. The Hall–Kier alpha value is -3.11. The summed E-state index contributed by atoms with van der Waals surface area (Å²) in [6.45, 7) is 2.33. The van der Waals surface area contributed by atoms with E-state index < -0.39 is 15.8 Å². The van der Waals surface area contributed by atoms with Crippen molar-refractivity contribution >= 4 is 15.9 Å². The number of nitrogens with zero attached hydrogens (tertiary/aromatic N) is 4. The van der Waals surface area contributed by atoms with Crippen molar-refractivity contribution in [1.82, 2.24) is 24.2 Å². The largest absolute Gasteiger partial charge is 0.352 e.